The van der Waals surface area contributed by atoms with E-state index in [1.807, 2.05) is 60.7 Å². The van der Waals surface area contributed by atoms with Gasteiger partial charge in [-0.1, -0.05) is 48.5 Å². The summed E-state index contributed by atoms with van der Waals surface area (Å²) in [4.78, 5) is 2.41. The highest BCUT2D eigenvalue weighted by atomic mass is 16.3. The summed E-state index contributed by atoms with van der Waals surface area (Å²) in [6.45, 7) is 5.83. The number of furan rings is 1. The molecule has 0 unspecified atom stereocenters. The van der Waals surface area contributed by atoms with Gasteiger partial charge in [0.15, 0.2) is 0 Å². The van der Waals surface area contributed by atoms with Crippen molar-refractivity contribution in [2.24, 2.45) is 0 Å². The molecule has 6 heteroatoms. The van der Waals surface area contributed by atoms with Crippen molar-refractivity contribution < 1.29 is 4.42 Å². The largest absolute Gasteiger partial charge is 0.456 e. The van der Waals surface area contributed by atoms with Crippen molar-refractivity contribution in [3.05, 3.63) is 71.8 Å². The van der Waals surface area contributed by atoms with E-state index in [1.165, 1.54) is 6.21 Å². The molecule has 1 aliphatic rings. The molecule has 1 fully saturated rings. The maximum absolute atomic E-state index is 8.56. The number of nitrogens with zero attached hydrogens (tertiary/aromatic N) is 1. The van der Waals surface area contributed by atoms with Gasteiger partial charge in [-0.15, -0.1) is 0 Å². The Morgan fingerprint density at radius 2 is 1.63 bits per heavy atom. The fraction of sp³-hybridized carbons (Fsp3) is 0.250. The first-order valence-electron chi connectivity index (χ1n) is 10.3. The van der Waals surface area contributed by atoms with E-state index in [-0.39, 0.29) is 0 Å². The van der Waals surface area contributed by atoms with E-state index in [0.29, 0.717) is 11.6 Å². The summed E-state index contributed by atoms with van der Waals surface area (Å²) in [5, 5.41) is 22.8. The van der Waals surface area contributed by atoms with E-state index in [2.05, 4.69) is 15.5 Å². The van der Waals surface area contributed by atoms with E-state index in [0.717, 1.165) is 67.3 Å². The van der Waals surface area contributed by atoms with Crippen molar-refractivity contribution in [1.82, 2.24) is 15.5 Å². The van der Waals surface area contributed by atoms with Gasteiger partial charge in [0.2, 0.25) is 0 Å². The average Bonchev–Trinajstić information content (AvgIpc) is 3.29. The van der Waals surface area contributed by atoms with Crippen LogP contribution >= 0.6 is 0 Å². The first-order chi connectivity index (χ1) is 14.8. The number of hydrogen-bond donors (Lipinski definition) is 4. The SMILES string of the molecule is N=Cc1ccccc1-c1ccc(-c2ccccc2C(=N)NCCN2CCNCC2)o1. The molecule has 0 amide bonds. The Labute approximate surface area is 176 Å². The molecule has 2 heterocycles. The molecule has 0 atom stereocenters. The molecule has 0 spiro atoms. The Hall–Kier alpha value is -3.22. The Morgan fingerprint density at radius 1 is 0.967 bits per heavy atom. The van der Waals surface area contributed by atoms with Gasteiger partial charge < -0.3 is 20.5 Å². The topological polar surface area (TPSA) is 88.1 Å². The highest BCUT2D eigenvalue weighted by Crippen LogP contribution is 2.31. The van der Waals surface area contributed by atoms with Crippen LogP contribution in [0.15, 0.2) is 65.1 Å². The Kier molecular flexibility index (Phi) is 6.37. The van der Waals surface area contributed by atoms with Crippen molar-refractivity contribution >= 4 is 12.1 Å². The van der Waals surface area contributed by atoms with Gasteiger partial charge in [0.1, 0.15) is 17.4 Å². The predicted octanol–water partition coefficient (Wildman–Crippen LogP) is 3.43. The Bertz CT molecular complexity index is 1020. The van der Waals surface area contributed by atoms with Crippen molar-refractivity contribution in [2.75, 3.05) is 39.3 Å². The molecule has 0 aliphatic carbocycles. The van der Waals surface area contributed by atoms with Gasteiger partial charge in [-0.2, -0.15) is 0 Å². The van der Waals surface area contributed by atoms with Gasteiger partial charge in [0.05, 0.1) is 0 Å². The van der Waals surface area contributed by atoms with Crippen LogP contribution in [0.2, 0.25) is 0 Å². The maximum Gasteiger partial charge on any atom is 0.135 e. The molecule has 1 aromatic heterocycles. The summed E-state index contributed by atoms with van der Waals surface area (Å²) >= 11 is 0. The lowest BCUT2D eigenvalue weighted by Crippen LogP contribution is -2.46. The Morgan fingerprint density at radius 3 is 2.40 bits per heavy atom. The molecule has 6 nitrogen and oxygen atoms in total. The van der Waals surface area contributed by atoms with Crippen molar-refractivity contribution in [3.8, 4) is 22.6 Å². The van der Waals surface area contributed by atoms with Crippen LogP contribution in [0.1, 0.15) is 11.1 Å². The number of rotatable bonds is 7. The zero-order valence-corrected chi connectivity index (χ0v) is 16.9. The van der Waals surface area contributed by atoms with Crippen LogP contribution in [0.3, 0.4) is 0 Å². The summed E-state index contributed by atoms with van der Waals surface area (Å²) in [7, 11) is 0. The van der Waals surface area contributed by atoms with E-state index in [9.17, 15) is 0 Å². The van der Waals surface area contributed by atoms with Crippen LogP contribution in [-0.4, -0.2) is 56.2 Å². The van der Waals surface area contributed by atoms with Crippen molar-refractivity contribution in [3.63, 3.8) is 0 Å². The second-order valence-corrected chi connectivity index (χ2v) is 7.33. The van der Waals surface area contributed by atoms with Crippen LogP contribution < -0.4 is 10.6 Å². The third kappa shape index (κ3) is 4.50. The second kappa shape index (κ2) is 9.52. The molecule has 154 valence electrons. The van der Waals surface area contributed by atoms with E-state index < -0.39 is 0 Å². The third-order valence-electron chi connectivity index (χ3n) is 5.39. The normalized spacial score (nSPS) is 14.4. The summed E-state index contributed by atoms with van der Waals surface area (Å²) in [6, 6.07) is 19.4. The van der Waals surface area contributed by atoms with E-state index in [1.54, 1.807) is 0 Å². The van der Waals surface area contributed by atoms with Crippen LogP contribution in [0.25, 0.3) is 22.6 Å². The first-order valence-corrected chi connectivity index (χ1v) is 10.3. The van der Waals surface area contributed by atoms with Crippen LogP contribution in [0.5, 0.6) is 0 Å². The number of hydrogen-bond acceptors (Lipinski definition) is 5. The summed E-state index contributed by atoms with van der Waals surface area (Å²) in [5.41, 5.74) is 3.41. The highest BCUT2D eigenvalue weighted by Gasteiger charge is 2.15. The minimum atomic E-state index is 0.401. The zero-order valence-electron chi connectivity index (χ0n) is 16.9. The molecule has 0 bridgehead atoms. The fourth-order valence-electron chi connectivity index (χ4n) is 3.76. The molecule has 3 aromatic rings. The highest BCUT2D eigenvalue weighted by molar-refractivity contribution is 6.02. The van der Waals surface area contributed by atoms with Crippen LogP contribution in [-0.2, 0) is 0 Å². The minimum absolute atomic E-state index is 0.401. The van der Waals surface area contributed by atoms with Gasteiger partial charge in [0.25, 0.3) is 0 Å². The van der Waals surface area contributed by atoms with Gasteiger partial charge in [0, 0.05) is 67.7 Å². The summed E-state index contributed by atoms with van der Waals surface area (Å²) < 4.78 is 6.15. The van der Waals surface area contributed by atoms with Gasteiger partial charge in [-0.3, -0.25) is 10.3 Å². The molecule has 0 saturated carbocycles. The number of benzene rings is 2. The number of nitrogens with one attached hydrogen (secondary N) is 4. The maximum atomic E-state index is 8.56. The van der Waals surface area contributed by atoms with Crippen LogP contribution in [0.4, 0.5) is 0 Å². The zero-order chi connectivity index (χ0) is 20.8. The first kappa shape index (κ1) is 20.1. The van der Waals surface area contributed by atoms with Crippen LogP contribution in [0, 0.1) is 10.8 Å². The summed E-state index contributed by atoms with van der Waals surface area (Å²) in [6.07, 6.45) is 1.34. The quantitative estimate of drug-likeness (QED) is 0.361. The average molecular weight is 402 g/mol. The molecule has 30 heavy (non-hydrogen) atoms. The standard InChI is InChI=1S/C24H27N5O/c25-17-18-5-1-2-6-19(18)22-9-10-23(30-22)20-7-3-4-8-21(20)24(26)28-13-16-29-14-11-27-12-15-29/h1-10,17,25,27H,11-16H2,(H2,26,28). The third-order valence-corrected chi connectivity index (χ3v) is 5.39. The lowest BCUT2D eigenvalue weighted by Gasteiger charge is -2.27. The Balaban J connectivity index is 1.50. The van der Waals surface area contributed by atoms with Gasteiger partial charge in [-0.25, -0.2) is 0 Å². The molecule has 4 N–H and O–H groups in total. The van der Waals surface area contributed by atoms with Crippen molar-refractivity contribution in [1.29, 1.82) is 10.8 Å². The second-order valence-electron chi connectivity index (χ2n) is 7.33. The summed E-state index contributed by atoms with van der Waals surface area (Å²) in [5.74, 6) is 1.84. The monoisotopic (exact) mass is 401 g/mol. The molecule has 1 aliphatic heterocycles. The van der Waals surface area contributed by atoms with E-state index >= 15 is 0 Å². The molecule has 2 aromatic carbocycles. The predicted molar refractivity (Wildman–Crippen MR) is 122 cm³/mol. The minimum Gasteiger partial charge on any atom is -0.456 e. The van der Waals surface area contributed by atoms with Gasteiger partial charge in [-0.05, 0) is 12.1 Å². The lowest BCUT2D eigenvalue weighted by atomic mass is 10.0. The smallest absolute Gasteiger partial charge is 0.135 e. The number of piperazine rings is 1. The fourth-order valence-corrected chi connectivity index (χ4v) is 3.76. The van der Waals surface area contributed by atoms with Gasteiger partial charge >= 0.3 is 0 Å². The molecule has 0 radical (unpaired) electrons. The number of amidine groups is 1. The molecular formula is C24H27N5O. The van der Waals surface area contributed by atoms with Crippen molar-refractivity contribution in [2.45, 2.75) is 0 Å². The molecule has 4 rings (SSSR count). The molecule has 1 saturated heterocycles. The molecular weight excluding hydrogens is 374 g/mol. The lowest BCUT2D eigenvalue weighted by molar-refractivity contribution is 0.245. The van der Waals surface area contributed by atoms with E-state index in [4.69, 9.17) is 15.2 Å².